The largest absolute Gasteiger partial charge is 0.495 e. The summed E-state index contributed by atoms with van der Waals surface area (Å²) in [5, 5.41) is 2.73. The van der Waals surface area contributed by atoms with E-state index in [-0.39, 0.29) is 17.2 Å². The van der Waals surface area contributed by atoms with Gasteiger partial charge >= 0.3 is 0 Å². The molecule has 1 aliphatic heterocycles. The first kappa shape index (κ1) is 23.8. The molecule has 0 saturated carbocycles. The van der Waals surface area contributed by atoms with Crippen LogP contribution >= 0.6 is 0 Å². The summed E-state index contributed by atoms with van der Waals surface area (Å²) in [7, 11) is -2.17. The molecule has 0 unspecified atom stereocenters. The summed E-state index contributed by atoms with van der Waals surface area (Å²) >= 11 is 0. The van der Waals surface area contributed by atoms with E-state index in [1.165, 1.54) is 23.5 Å². The van der Waals surface area contributed by atoms with E-state index in [4.69, 9.17) is 9.47 Å². The number of hydrogen-bond donors (Lipinski definition) is 1. The van der Waals surface area contributed by atoms with Crippen molar-refractivity contribution in [1.82, 2.24) is 4.31 Å². The quantitative estimate of drug-likeness (QED) is 0.511. The van der Waals surface area contributed by atoms with Crippen molar-refractivity contribution in [2.45, 2.75) is 24.2 Å². The number of hydrogen-bond acceptors (Lipinski definition) is 5. The van der Waals surface area contributed by atoms with Gasteiger partial charge in [0.25, 0.3) is 5.91 Å². The number of para-hydroxylation sites is 1. The van der Waals surface area contributed by atoms with Crippen molar-refractivity contribution in [1.29, 1.82) is 0 Å². The lowest BCUT2D eigenvalue weighted by atomic mass is 10.1. The van der Waals surface area contributed by atoms with Crippen molar-refractivity contribution in [2.24, 2.45) is 0 Å². The molecule has 1 fully saturated rings. The Kier molecular flexibility index (Phi) is 7.49. The van der Waals surface area contributed by atoms with E-state index in [0.29, 0.717) is 24.6 Å². The van der Waals surface area contributed by atoms with E-state index in [0.717, 1.165) is 30.4 Å². The van der Waals surface area contributed by atoms with Crippen LogP contribution in [0.1, 0.15) is 19.3 Å². The standard InChI is InChI=1S/C26H28N2O5S/c1-32-25-15-14-21(34(30,31)28-16-8-3-9-17-28)18-23(25)27-26(29)19-33-24-13-7-6-12-22(24)20-10-4-2-5-11-20/h2,4-7,10-15,18H,3,8-9,16-17,19H2,1H3,(H,27,29). The molecule has 0 bridgehead atoms. The van der Waals surface area contributed by atoms with Gasteiger partial charge in [0.1, 0.15) is 11.5 Å². The van der Waals surface area contributed by atoms with Crippen LogP contribution in [0.3, 0.4) is 0 Å². The smallest absolute Gasteiger partial charge is 0.262 e. The van der Waals surface area contributed by atoms with Gasteiger partial charge in [-0.15, -0.1) is 0 Å². The number of rotatable bonds is 8. The van der Waals surface area contributed by atoms with Gasteiger partial charge in [-0.3, -0.25) is 4.79 Å². The average Bonchev–Trinajstić information content (AvgIpc) is 2.88. The highest BCUT2D eigenvalue weighted by molar-refractivity contribution is 7.89. The highest BCUT2D eigenvalue weighted by Gasteiger charge is 2.27. The van der Waals surface area contributed by atoms with E-state index in [2.05, 4.69) is 5.32 Å². The third-order valence-electron chi connectivity index (χ3n) is 5.73. The van der Waals surface area contributed by atoms with Crippen LogP contribution in [0.2, 0.25) is 0 Å². The van der Waals surface area contributed by atoms with Crippen molar-refractivity contribution in [3.63, 3.8) is 0 Å². The van der Waals surface area contributed by atoms with E-state index >= 15 is 0 Å². The number of carbonyl (C=O) groups is 1. The third-order valence-corrected chi connectivity index (χ3v) is 7.62. The van der Waals surface area contributed by atoms with Gasteiger partial charge in [0, 0.05) is 18.7 Å². The molecule has 7 nitrogen and oxygen atoms in total. The Bertz CT molecular complexity index is 1240. The zero-order valence-electron chi connectivity index (χ0n) is 19.1. The van der Waals surface area contributed by atoms with Crippen molar-refractivity contribution >= 4 is 21.6 Å². The maximum atomic E-state index is 13.1. The van der Waals surface area contributed by atoms with E-state index in [1.807, 2.05) is 54.6 Å². The molecule has 0 atom stereocenters. The Labute approximate surface area is 200 Å². The molecule has 1 N–H and O–H groups in total. The van der Waals surface area contributed by atoms with Gasteiger partial charge < -0.3 is 14.8 Å². The number of nitrogens with one attached hydrogen (secondary N) is 1. The molecule has 1 heterocycles. The first-order valence-corrected chi connectivity index (χ1v) is 12.7. The fourth-order valence-electron chi connectivity index (χ4n) is 3.98. The fourth-order valence-corrected chi connectivity index (χ4v) is 5.52. The number of nitrogens with zero attached hydrogens (tertiary/aromatic N) is 1. The Morgan fingerprint density at radius 1 is 0.912 bits per heavy atom. The molecule has 0 spiro atoms. The van der Waals surface area contributed by atoms with Gasteiger partial charge in [-0.1, -0.05) is 55.0 Å². The lowest BCUT2D eigenvalue weighted by Crippen LogP contribution is -2.35. The molecule has 0 aliphatic carbocycles. The SMILES string of the molecule is COc1ccc(S(=O)(=O)N2CCCCC2)cc1NC(=O)COc1ccccc1-c1ccccc1. The van der Waals surface area contributed by atoms with Gasteiger partial charge in [0.2, 0.25) is 10.0 Å². The number of benzene rings is 3. The minimum atomic E-state index is -3.64. The zero-order chi connectivity index (χ0) is 24.0. The number of ether oxygens (including phenoxy) is 2. The maximum absolute atomic E-state index is 13.1. The number of anilines is 1. The van der Waals surface area contributed by atoms with Crippen LogP contribution in [0.4, 0.5) is 5.69 Å². The first-order chi connectivity index (χ1) is 16.5. The third kappa shape index (κ3) is 5.40. The van der Waals surface area contributed by atoms with Gasteiger partial charge in [-0.25, -0.2) is 8.42 Å². The predicted octanol–water partition coefficient (Wildman–Crippen LogP) is 4.55. The van der Waals surface area contributed by atoms with Gasteiger partial charge in [-0.2, -0.15) is 4.31 Å². The summed E-state index contributed by atoms with van der Waals surface area (Å²) < 4.78 is 38.8. The summed E-state index contributed by atoms with van der Waals surface area (Å²) in [5.41, 5.74) is 2.14. The van der Waals surface area contributed by atoms with Crippen LogP contribution in [0.25, 0.3) is 11.1 Å². The van der Waals surface area contributed by atoms with Crippen molar-refractivity contribution in [3.8, 4) is 22.6 Å². The highest BCUT2D eigenvalue weighted by Crippen LogP contribution is 2.31. The molecule has 1 amide bonds. The second kappa shape index (κ2) is 10.7. The van der Waals surface area contributed by atoms with Crippen LogP contribution in [0.15, 0.2) is 77.7 Å². The zero-order valence-corrected chi connectivity index (χ0v) is 19.9. The molecule has 178 valence electrons. The topological polar surface area (TPSA) is 84.9 Å². The maximum Gasteiger partial charge on any atom is 0.262 e. The Hall–Kier alpha value is -3.36. The molecule has 34 heavy (non-hydrogen) atoms. The second-order valence-electron chi connectivity index (χ2n) is 8.03. The van der Waals surface area contributed by atoms with E-state index < -0.39 is 15.9 Å². The van der Waals surface area contributed by atoms with Crippen molar-refractivity contribution < 1.29 is 22.7 Å². The molecule has 8 heteroatoms. The molecular formula is C26H28N2O5S. The minimum absolute atomic E-state index is 0.126. The summed E-state index contributed by atoms with van der Waals surface area (Å²) in [6.07, 6.45) is 2.73. The highest BCUT2D eigenvalue weighted by atomic mass is 32.2. The summed E-state index contributed by atoms with van der Waals surface area (Å²) in [5.74, 6) is 0.529. The summed E-state index contributed by atoms with van der Waals surface area (Å²) in [4.78, 5) is 12.8. The number of amides is 1. The molecular weight excluding hydrogens is 452 g/mol. The average molecular weight is 481 g/mol. The van der Waals surface area contributed by atoms with Crippen LogP contribution in [-0.2, 0) is 14.8 Å². The van der Waals surface area contributed by atoms with Gasteiger partial charge in [-0.05, 0) is 42.7 Å². The van der Waals surface area contributed by atoms with Crippen LogP contribution in [0.5, 0.6) is 11.5 Å². The molecule has 0 radical (unpaired) electrons. The van der Waals surface area contributed by atoms with Crippen molar-refractivity contribution in [3.05, 3.63) is 72.8 Å². The molecule has 4 rings (SSSR count). The molecule has 1 aliphatic rings. The number of sulfonamides is 1. The van der Waals surface area contributed by atoms with Crippen LogP contribution in [0, 0.1) is 0 Å². The summed E-state index contributed by atoms with van der Waals surface area (Å²) in [6.45, 7) is 0.769. The fraction of sp³-hybridized carbons (Fsp3) is 0.269. The number of methoxy groups -OCH3 is 1. The van der Waals surface area contributed by atoms with Crippen LogP contribution < -0.4 is 14.8 Å². The lowest BCUT2D eigenvalue weighted by Gasteiger charge is -2.26. The Balaban J connectivity index is 1.49. The Morgan fingerprint density at radius 3 is 2.35 bits per heavy atom. The number of carbonyl (C=O) groups excluding carboxylic acids is 1. The predicted molar refractivity (Wildman–Crippen MR) is 132 cm³/mol. The monoisotopic (exact) mass is 480 g/mol. The minimum Gasteiger partial charge on any atom is -0.495 e. The number of piperidine rings is 1. The van der Waals surface area contributed by atoms with E-state index in [9.17, 15) is 13.2 Å². The van der Waals surface area contributed by atoms with Gasteiger partial charge in [0.15, 0.2) is 6.61 Å². The Morgan fingerprint density at radius 2 is 1.62 bits per heavy atom. The molecule has 1 saturated heterocycles. The lowest BCUT2D eigenvalue weighted by molar-refractivity contribution is -0.118. The molecule has 3 aromatic rings. The molecule has 0 aromatic heterocycles. The second-order valence-corrected chi connectivity index (χ2v) is 9.96. The summed E-state index contributed by atoms with van der Waals surface area (Å²) in [6, 6.07) is 21.8. The molecule has 3 aromatic carbocycles. The van der Waals surface area contributed by atoms with E-state index in [1.54, 1.807) is 6.07 Å². The van der Waals surface area contributed by atoms with Crippen molar-refractivity contribution in [2.75, 3.05) is 32.1 Å². The first-order valence-electron chi connectivity index (χ1n) is 11.2. The normalized spacial score (nSPS) is 14.4. The van der Waals surface area contributed by atoms with Gasteiger partial charge in [0.05, 0.1) is 17.7 Å². The van der Waals surface area contributed by atoms with Crippen LogP contribution in [-0.4, -0.2) is 45.4 Å².